The van der Waals surface area contributed by atoms with Crippen LogP contribution in [0.4, 0.5) is 0 Å². The van der Waals surface area contributed by atoms with Crippen molar-refractivity contribution in [3.63, 3.8) is 0 Å². The average molecular weight is 327 g/mol. The Morgan fingerprint density at radius 1 is 1.06 bits per heavy atom. The van der Waals surface area contributed by atoms with Gasteiger partial charge in [-0.3, -0.25) is 0 Å². The summed E-state index contributed by atoms with van der Waals surface area (Å²) in [6.07, 6.45) is 6.05. The number of hydrogen-bond acceptors (Lipinski definition) is 2. The summed E-state index contributed by atoms with van der Waals surface area (Å²) in [6, 6.07) is 9.57. The topological polar surface area (TPSA) is 26.3 Å². The van der Waals surface area contributed by atoms with Crippen molar-refractivity contribution in [2.45, 2.75) is 39.0 Å². The summed E-state index contributed by atoms with van der Waals surface area (Å²) >= 11 is -2.93. The Morgan fingerprint density at radius 2 is 1.75 bits per heavy atom. The third-order valence-corrected chi connectivity index (χ3v) is 6.12. The molecule has 0 radical (unpaired) electrons. The minimum absolute atomic E-state index is 0.664. The number of hydrogen-bond donors (Lipinski definition) is 0. The van der Waals surface area contributed by atoms with E-state index in [0.717, 1.165) is 10.0 Å². The third-order valence-electron chi connectivity index (χ3n) is 2.49. The average Bonchev–Trinajstić information content (AvgIpc) is 2.34. The number of benzene rings is 1. The predicted octanol–water partition coefficient (Wildman–Crippen LogP) is 2.80. The predicted molar refractivity (Wildman–Crippen MR) is 67.2 cm³/mol. The molecule has 0 saturated heterocycles. The summed E-state index contributed by atoms with van der Waals surface area (Å²) in [5, 5.41) is 0. The summed E-state index contributed by atoms with van der Waals surface area (Å²) < 4.78 is 18.2. The van der Waals surface area contributed by atoms with Gasteiger partial charge >= 0.3 is 106 Å². The second-order valence-corrected chi connectivity index (χ2v) is 8.03. The van der Waals surface area contributed by atoms with Crippen molar-refractivity contribution < 1.29 is 6.15 Å². The molecule has 0 fully saturated rings. The molecule has 0 heterocycles. The molecular formula is C13H20O2Sn. The van der Waals surface area contributed by atoms with Crippen LogP contribution in [0.15, 0.2) is 30.3 Å². The molecule has 16 heavy (non-hydrogen) atoms. The van der Waals surface area contributed by atoms with E-state index in [0.29, 0.717) is 6.61 Å². The molecule has 0 unspecified atom stereocenters. The van der Waals surface area contributed by atoms with Crippen LogP contribution in [0.2, 0.25) is 0 Å². The SMILES string of the molecule is CCCCCCC[O][Sn](=[O])[c]1ccccc1. The van der Waals surface area contributed by atoms with Gasteiger partial charge in [-0.05, 0) is 0 Å². The molecule has 1 aromatic rings. The fourth-order valence-electron chi connectivity index (χ4n) is 1.53. The first-order valence-electron chi connectivity index (χ1n) is 6.06. The normalized spacial score (nSPS) is 10.3. The van der Waals surface area contributed by atoms with Crippen molar-refractivity contribution >= 4 is 23.7 Å². The van der Waals surface area contributed by atoms with Gasteiger partial charge in [0.15, 0.2) is 0 Å². The van der Waals surface area contributed by atoms with Crippen molar-refractivity contribution in [1.29, 1.82) is 0 Å². The zero-order valence-corrected chi connectivity index (χ0v) is 12.8. The molecule has 0 atom stereocenters. The van der Waals surface area contributed by atoms with Crippen LogP contribution in [0, 0.1) is 0 Å². The van der Waals surface area contributed by atoms with Crippen LogP contribution < -0.4 is 3.58 Å². The van der Waals surface area contributed by atoms with E-state index in [1.165, 1.54) is 25.7 Å². The zero-order chi connectivity index (χ0) is 11.6. The van der Waals surface area contributed by atoms with Gasteiger partial charge in [0, 0.05) is 0 Å². The molecule has 0 N–H and O–H groups in total. The van der Waals surface area contributed by atoms with Crippen LogP contribution in [0.5, 0.6) is 0 Å². The van der Waals surface area contributed by atoms with Gasteiger partial charge in [-0.1, -0.05) is 0 Å². The van der Waals surface area contributed by atoms with E-state index < -0.39 is 20.2 Å². The zero-order valence-electron chi connectivity index (χ0n) is 9.95. The molecule has 1 aromatic carbocycles. The summed E-state index contributed by atoms with van der Waals surface area (Å²) in [7, 11) is 0. The van der Waals surface area contributed by atoms with E-state index in [1.54, 1.807) is 0 Å². The van der Waals surface area contributed by atoms with Crippen LogP contribution in [-0.4, -0.2) is 26.8 Å². The maximum atomic E-state index is 11.8. The quantitative estimate of drug-likeness (QED) is 0.542. The van der Waals surface area contributed by atoms with E-state index in [1.807, 2.05) is 30.3 Å². The van der Waals surface area contributed by atoms with Gasteiger partial charge in [-0.25, -0.2) is 0 Å². The molecule has 88 valence electrons. The molecule has 0 aliphatic heterocycles. The Morgan fingerprint density at radius 3 is 2.44 bits per heavy atom. The summed E-state index contributed by atoms with van der Waals surface area (Å²) in [6.45, 7) is 2.87. The van der Waals surface area contributed by atoms with Crippen molar-refractivity contribution in [3.8, 4) is 0 Å². The minimum atomic E-state index is -2.93. The molecule has 3 heteroatoms. The summed E-state index contributed by atoms with van der Waals surface area (Å²) in [4.78, 5) is 0. The molecule has 1 rings (SSSR count). The maximum absolute atomic E-state index is 11.8. The first-order chi connectivity index (χ1) is 7.84. The molecule has 0 bridgehead atoms. The van der Waals surface area contributed by atoms with E-state index in [9.17, 15) is 3.08 Å². The third kappa shape index (κ3) is 5.75. The standard InChI is InChI=1S/C7H15O.C6H5.O.Sn/c1-2-3-4-5-6-7-8;1-2-4-6-5-3-1;;/h2-7H2,1H3;1-5H;;/q-1;;;+1. The summed E-state index contributed by atoms with van der Waals surface area (Å²) in [5.74, 6) is 0. The van der Waals surface area contributed by atoms with Crippen LogP contribution in [0.3, 0.4) is 0 Å². The van der Waals surface area contributed by atoms with Gasteiger partial charge in [-0.15, -0.1) is 0 Å². The first kappa shape index (κ1) is 13.8. The molecule has 2 nitrogen and oxygen atoms in total. The van der Waals surface area contributed by atoms with E-state index >= 15 is 0 Å². The van der Waals surface area contributed by atoms with E-state index in [2.05, 4.69) is 6.92 Å². The Labute approximate surface area is 106 Å². The van der Waals surface area contributed by atoms with Crippen LogP contribution >= 0.6 is 0 Å². The van der Waals surface area contributed by atoms with E-state index in [-0.39, 0.29) is 0 Å². The molecule has 0 aromatic heterocycles. The fraction of sp³-hybridized carbons (Fsp3) is 0.538. The van der Waals surface area contributed by atoms with Gasteiger partial charge < -0.3 is 0 Å². The number of rotatable bonds is 8. The molecule has 0 aliphatic carbocycles. The monoisotopic (exact) mass is 328 g/mol. The van der Waals surface area contributed by atoms with Gasteiger partial charge in [0.05, 0.1) is 0 Å². The van der Waals surface area contributed by atoms with E-state index in [4.69, 9.17) is 3.07 Å². The number of unbranched alkanes of at least 4 members (excludes halogenated alkanes) is 4. The first-order valence-corrected chi connectivity index (χ1v) is 9.82. The molecule has 0 saturated carbocycles. The van der Waals surface area contributed by atoms with Crippen LogP contribution in [0.1, 0.15) is 39.0 Å². The van der Waals surface area contributed by atoms with Gasteiger partial charge in [0.25, 0.3) is 0 Å². The van der Waals surface area contributed by atoms with Crippen molar-refractivity contribution in [2.24, 2.45) is 0 Å². The van der Waals surface area contributed by atoms with Crippen LogP contribution in [-0.2, 0) is 6.15 Å². The Kier molecular flexibility index (Phi) is 7.68. The van der Waals surface area contributed by atoms with Gasteiger partial charge in [-0.2, -0.15) is 0 Å². The molecular weight excluding hydrogens is 307 g/mol. The summed E-state index contributed by atoms with van der Waals surface area (Å²) in [5.41, 5.74) is 0. The van der Waals surface area contributed by atoms with Crippen LogP contribution in [0.25, 0.3) is 0 Å². The van der Waals surface area contributed by atoms with Gasteiger partial charge in [0.1, 0.15) is 0 Å². The Balaban J connectivity index is 2.12. The van der Waals surface area contributed by atoms with Crippen molar-refractivity contribution in [2.75, 3.05) is 6.61 Å². The molecule has 0 spiro atoms. The van der Waals surface area contributed by atoms with Gasteiger partial charge in [0.2, 0.25) is 0 Å². The second kappa shape index (κ2) is 8.88. The molecule has 0 aliphatic rings. The fourth-order valence-corrected chi connectivity index (χ4v) is 4.27. The Hall–Kier alpha value is -0.221. The Bertz CT molecular complexity index is 298. The molecule has 0 amide bonds. The van der Waals surface area contributed by atoms with Crippen molar-refractivity contribution in [1.82, 2.24) is 0 Å². The van der Waals surface area contributed by atoms with Crippen molar-refractivity contribution in [3.05, 3.63) is 30.3 Å². The second-order valence-electron chi connectivity index (χ2n) is 3.92.